The van der Waals surface area contributed by atoms with Gasteiger partial charge in [0.25, 0.3) is 0 Å². The Hall–Kier alpha value is -1.96. The molecule has 0 bridgehead atoms. The van der Waals surface area contributed by atoms with E-state index in [-0.39, 0.29) is 0 Å². The van der Waals surface area contributed by atoms with Gasteiger partial charge in [-0.05, 0) is 56.7 Å². The van der Waals surface area contributed by atoms with Crippen LogP contribution in [0.1, 0.15) is 31.9 Å². The van der Waals surface area contributed by atoms with E-state index in [0.29, 0.717) is 22.0 Å². The van der Waals surface area contributed by atoms with E-state index in [1.54, 1.807) is 6.20 Å². The number of pyridine rings is 1. The van der Waals surface area contributed by atoms with Gasteiger partial charge >= 0.3 is 0 Å². The van der Waals surface area contributed by atoms with Crippen LogP contribution in [-0.2, 0) is 0 Å². The number of nitrogens with one attached hydrogen (secondary N) is 2. The van der Waals surface area contributed by atoms with Crippen LogP contribution in [0.2, 0.25) is 0 Å². The van der Waals surface area contributed by atoms with Crippen LogP contribution in [0.15, 0.2) is 51.9 Å². The van der Waals surface area contributed by atoms with Gasteiger partial charge in [0.05, 0.1) is 10.6 Å². The summed E-state index contributed by atoms with van der Waals surface area (Å²) in [6.07, 6.45) is 7.02. The van der Waals surface area contributed by atoms with Gasteiger partial charge in [-0.25, -0.2) is 10.5 Å². The fourth-order valence-corrected chi connectivity index (χ4v) is 2.93. The second-order valence-corrected chi connectivity index (χ2v) is 6.60. The molecule has 0 amide bonds. The van der Waals surface area contributed by atoms with E-state index in [4.69, 9.17) is 17.1 Å². The average Bonchev–Trinajstić information content (AvgIpc) is 3.38. The molecule has 1 saturated carbocycles. The molecule has 0 aliphatic heterocycles. The normalized spacial score (nSPS) is 23.8. The van der Waals surface area contributed by atoms with Crippen LogP contribution in [0.4, 0.5) is 0 Å². The van der Waals surface area contributed by atoms with Crippen LogP contribution in [0.3, 0.4) is 0 Å². The molecule has 0 saturated heterocycles. The van der Waals surface area contributed by atoms with Crippen molar-refractivity contribution in [2.45, 2.75) is 31.7 Å². The molecule has 1 fully saturated rings. The maximum absolute atomic E-state index is 7.53. The van der Waals surface area contributed by atoms with Crippen molar-refractivity contribution in [2.24, 2.45) is 11.0 Å². The molecule has 23 heavy (non-hydrogen) atoms. The summed E-state index contributed by atoms with van der Waals surface area (Å²) in [5.41, 5.74) is 9.11. The lowest BCUT2D eigenvalue weighted by atomic mass is 9.86. The standard InChI is InChI=1S/C18H19ClN4/c1-18(22-12-13-5-6-13)10-9-14(16(19)17(18)23-20)7-8-15-4-2-3-11-21-15/h2-4,9,11,13,20,22H,5-6,10,12H2,1H3. The second kappa shape index (κ2) is 6.66. The maximum atomic E-state index is 7.53. The fraction of sp³-hybridized carbons (Fsp3) is 0.389. The van der Waals surface area contributed by atoms with Gasteiger partial charge < -0.3 is 5.32 Å². The van der Waals surface area contributed by atoms with E-state index in [1.165, 1.54) is 12.8 Å². The summed E-state index contributed by atoms with van der Waals surface area (Å²) in [6.45, 7) is 2.99. The van der Waals surface area contributed by atoms with E-state index < -0.39 is 5.54 Å². The van der Waals surface area contributed by atoms with E-state index in [1.807, 2.05) is 31.2 Å². The molecule has 0 aromatic carbocycles. The molecule has 2 aliphatic rings. The highest BCUT2D eigenvalue weighted by atomic mass is 35.5. The van der Waals surface area contributed by atoms with Crippen molar-refractivity contribution in [3.8, 4) is 11.8 Å². The summed E-state index contributed by atoms with van der Waals surface area (Å²) in [6, 6.07) is 5.60. The summed E-state index contributed by atoms with van der Waals surface area (Å²) in [5, 5.41) is 7.68. The van der Waals surface area contributed by atoms with Crippen LogP contribution < -0.4 is 5.32 Å². The van der Waals surface area contributed by atoms with Gasteiger partial charge in [0, 0.05) is 11.8 Å². The monoisotopic (exact) mass is 326 g/mol. The number of halogens is 1. The SMILES string of the molecule is CC1(NCC2CC2)CC=C(C#Cc2ccccn2)C(Cl)=C1N=N. The minimum atomic E-state index is -0.391. The lowest BCUT2D eigenvalue weighted by Crippen LogP contribution is -2.45. The third kappa shape index (κ3) is 3.69. The van der Waals surface area contributed by atoms with Crippen LogP contribution in [-0.4, -0.2) is 17.1 Å². The number of hydrogen-bond donors (Lipinski definition) is 2. The van der Waals surface area contributed by atoms with Gasteiger partial charge in [-0.2, -0.15) is 5.11 Å². The number of aromatic nitrogens is 1. The van der Waals surface area contributed by atoms with E-state index in [2.05, 4.69) is 27.3 Å². The van der Waals surface area contributed by atoms with Crippen molar-refractivity contribution in [3.05, 3.63) is 52.5 Å². The van der Waals surface area contributed by atoms with Crippen LogP contribution in [0.5, 0.6) is 0 Å². The van der Waals surface area contributed by atoms with Crippen molar-refractivity contribution in [2.75, 3.05) is 6.54 Å². The van der Waals surface area contributed by atoms with Crippen molar-refractivity contribution in [1.29, 1.82) is 5.53 Å². The Morgan fingerprint density at radius 2 is 2.26 bits per heavy atom. The minimum absolute atomic E-state index is 0.391. The van der Waals surface area contributed by atoms with Gasteiger partial charge in [0.2, 0.25) is 0 Å². The molecule has 4 nitrogen and oxygen atoms in total. The predicted molar refractivity (Wildman–Crippen MR) is 91.0 cm³/mol. The quantitative estimate of drug-likeness (QED) is 0.649. The molecule has 1 atom stereocenters. The second-order valence-electron chi connectivity index (χ2n) is 6.22. The third-order valence-electron chi connectivity index (χ3n) is 4.26. The number of allylic oxidation sites excluding steroid dienone is 2. The number of rotatable bonds is 4. The first-order valence-corrected chi connectivity index (χ1v) is 8.16. The highest BCUT2D eigenvalue weighted by molar-refractivity contribution is 6.33. The lowest BCUT2D eigenvalue weighted by molar-refractivity contribution is 0.395. The molecule has 0 radical (unpaired) electrons. The topological polar surface area (TPSA) is 61.1 Å². The van der Waals surface area contributed by atoms with E-state index in [9.17, 15) is 0 Å². The number of nitrogens with zero attached hydrogens (tertiary/aromatic N) is 2. The van der Waals surface area contributed by atoms with Crippen molar-refractivity contribution >= 4 is 11.6 Å². The van der Waals surface area contributed by atoms with Crippen LogP contribution in [0, 0.1) is 23.3 Å². The van der Waals surface area contributed by atoms with Crippen molar-refractivity contribution in [3.63, 3.8) is 0 Å². The van der Waals surface area contributed by atoms with Crippen LogP contribution >= 0.6 is 11.6 Å². The Bertz CT molecular complexity index is 722. The summed E-state index contributed by atoms with van der Waals surface area (Å²) in [7, 11) is 0. The highest BCUT2D eigenvalue weighted by Crippen LogP contribution is 2.37. The maximum Gasteiger partial charge on any atom is 0.113 e. The summed E-state index contributed by atoms with van der Waals surface area (Å²) < 4.78 is 0. The zero-order valence-corrected chi connectivity index (χ0v) is 13.8. The fourth-order valence-electron chi connectivity index (χ4n) is 2.56. The Morgan fingerprint density at radius 1 is 1.43 bits per heavy atom. The smallest absolute Gasteiger partial charge is 0.113 e. The summed E-state index contributed by atoms with van der Waals surface area (Å²) >= 11 is 6.47. The van der Waals surface area contributed by atoms with Gasteiger partial charge in [-0.1, -0.05) is 29.7 Å². The van der Waals surface area contributed by atoms with Gasteiger partial charge in [0.15, 0.2) is 0 Å². The molecule has 3 rings (SSSR count). The average molecular weight is 327 g/mol. The Balaban J connectivity index is 1.81. The third-order valence-corrected chi connectivity index (χ3v) is 4.64. The lowest BCUT2D eigenvalue weighted by Gasteiger charge is -2.33. The molecule has 1 heterocycles. The Morgan fingerprint density at radius 3 is 2.91 bits per heavy atom. The first-order chi connectivity index (χ1) is 11.1. The van der Waals surface area contributed by atoms with E-state index >= 15 is 0 Å². The molecule has 1 unspecified atom stereocenters. The van der Waals surface area contributed by atoms with Crippen molar-refractivity contribution in [1.82, 2.24) is 10.3 Å². The number of hydrogen-bond acceptors (Lipinski definition) is 4. The molecule has 5 heteroatoms. The minimum Gasteiger partial charge on any atom is -0.306 e. The van der Waals surface area contributed by atoms with Gasteiger partial charge in [-0.3, -0.25) is 0 Å². The molecular formula is C18H19ClN4. The Kier molecular flexibility index (Phi) is 4.61. The highest BCUT2D eigenvalue weighted by Gasteiger charge is 2.36. The zero-order valence-electron chi connectivity index (χ0n) is 13.1. The molecule has 1 aromatic heterocycles. The molecule has 2 aliphatic carbocycles. The van der Waals surface area contributed by atoms with Crippen molar-refractivity contribution < 1.29 is 0 Å². The largest absolute Gasteiger partial charge is 0.306 e. The molecule has 1 aromatic rings. The molecule has 0 spiro atoms. The zero-order chi connectivity index (χ0) is 16.3. The first kappa shape index (κ1) is 15.9. The van der Waals surface area contributed by atoms with Gasteiger partial charge in [0.1, 0.15) is 11.4 Å². The molecular weight excluding hydrogens is 308 g/mol. The summed E-state index contributed by atoms with van der Waals surface area (Å²) in [5.74, 6) is 6.82. The van der Waals surface area contributed by atoms with E-state index in [0.717, 1.165) is 18.9 Å². The van der Waals surface area contributed by atoms with Gasteiger partial charge in [-0.15, -0.1) is 0 Å². The predicted octanol–water partition coefficient (Wildman–Crippen LogP) is 4.00. The summed E-state index contributed by atoms with van der Waals surface area (Å²) in [4.78, 5) is 4.18. The van der Waals surface area contributed by atoms with Crippen LogP contribution in [0.25, 0.3) is 0 Å². The first-order valence-electron chi connectivity index (χ1n) is 7.79. The molecule has 2 N–H and O–H groups in total. The molecule has 118 valence electrons. The Labute approximate surface area is 141 Å².